The maximum Gasteiger partial charge on any atom is 0.160 e. The predicted octanol–water partition coefficient (Wildman–Crippen LogP) is 3.09. The molecule has 0 fully saturated rings. The van der Waals surface area contributed by atoms with E-state index < -0.39 is 11.6 Å². The van der Waals surface area contributed by atoms with Crippen molar-refractivity contribution in [1.82, 2.24) is 4.57 Å². The van der Waals surface area contributed by atoms with Crippen LogP contribution in [0.5, 0.6) is 0 Å². The zero-order chi connectivity index (χ0) is 12.7. The Balaban J connectivity index is 2.09. The summed E-state index contributed by atoms with van der Waals surface area (Å²) in [5.41, 5.74) is 8.91. The molecular formula is C14H14F2N2. The first-order valence-corrected chi connectivity index (χ1v) is 6.08. The minimum absolute atomic E-state index is 0.0558. The average Bonchev–Trinajstić information content (AvgIpc) is 2.78. The molecule has 0 bridgehead atoms. The minimum atomic E-state index is -0.824. The van der Waals surface area contributed by atoms with Crippen molar-refractivity contribution in [3.63, 3.8) is 0 Å². The number of hydrogen-bond donors (Lipinski definition) is 1. The van der Waals surface area contributed by atoms with Crippen LogP contribution in [0.1, 0.15) is 30.1 Å². The summed E-state index contributed by atoms with van der Waals surface area (Å²) in [6.45, 7) is 0. The minimum Gasteiger partial charge on any atom is -0.324 e. The van der Waals surface area contributed by atoms with Gasteiger partial charge in [0.05, 0.1) is 0 Å². The molecule has 18 heavy (non-hydrogen) atoms. The Morgan fingerprint density at radius 2 is 2.00 bits per heavy atom. The lowest BCUT2D eigenvalue weighted by Crippen LogP contribution is -2.17. The third-order valence-electron chi connectivity index (χ3n) is 3.54. The van der Waals surface area contributed by atoms with Gasteiger partial charge in [-0.05, 0) is 43.0 Å². The van der Waals surface area contributed by atoms with Crippen molar-refractivity contribution in [2.75, 3.05) is 0 Å². The zero-order valence-corrected chi connectivity index (χ0v) is 9.87. The number of hydrogen-bond acceptors (Lipinski definition) is 1. The van der Waals surface area contributed by atoms with Crippen molar-refractivity contribution in [2.45, 2.75) is 25.3 Å². The molecule has 1 aliphatic rings. The molecule has 1 heterocycles. The van der Waals surface area contributed by atoms with Gasteiger partial charge in [-0.25, -0.2) is 8.78 Å². The molecule has 0 saturated heterocycles. The van der Waals surface area contributed by atoms with Crippen LogP contribution in [0.2, 0.25) is 0 Å². The summed E-state index contributed by atoms with van der Waals surface area (Å²) in [5.74, 6) is -1.65. The number of nitrogens with zero attached hydrogens (tertiary/aromatic N) is 1. The number of fused-ring (bicyclic) bond motifs is 1. The summed E-state index contributed by atoms with van der Waals surface area (Å²) in [6, 6.07) is 5.98. The standard InChI is InChI=1S/C14H14F2N2/c15-11-5-4-9(8-12(11)16)18-7-6-10-13(17)2-1-3-14(10)18/h4-8,13H,1-3,17H2. The first kappa shape index (κ1) is 11.4. The molecule has 0 saturated carbocycles. The Morgan fingerprint density at radius 1 is 1.17 bits per heavy atom. The van der Waals surface area contributed by atoms with Gasteiger partial charge in [0.1, 0.15) is 0 Å². The molecule has 1 aromatic heterocycles. The van der Waals surface area contributed by atoms with Crippen molar-refractivity contribution >= 4 is 0 Å². The topological polar surface area (TPSA) is 30.9 Å². The van der Waals surface area contributed by atoms with Crippen molar-refractivity contribution in [3.8, 4) is 5.69 Å². The van der Waals surface area contributed by atoms with Crippen molar-refractivity contribution in [1.29, 1.82) is 0 Å². The molecule has 1 aromatic carbocycles. The number of halogens is 2. The van der Waals surface area contributed by atoms with Gasteiger partial charge in [-0.1, -0.05) is 0 Å². The predicted molar refractivity (Wildman–Crippen MR) is 65.6 cm³/mol. The van der Waals surface area contributed by atoms with Gasteiger partial charge in [0.2, 0.25) is 0 Å². The summed E-state index contributed by atoms with van der Waals surface area (Å²) < 4.78 is 28.1. The van der Waals surface area contributed by atoms with Crippen LogP contribution in [0.3, 0.4) is 0 Å². The van der Waals surface area contributed by atoms with Crippen LogP contribution in [0.4, 0.5) is 8.78 Å². The van der Waals surface area contributed by atoms with Crippen LogP contribution >= 0.6 is 0 Å². The van der Waals surface area contributed by atoms with Gasteiger partial charge < -0.3 is 10.3 Å². The highest BCUT2D eigenvalue weighted by molar-refractivity contribution is 5.40. The molecule has 94 valence electrons. The molecule has 0 spiro atoms. The van der Waals surface area contributed by atoms with E-state index in [1.54, 1.807) is 6.07 Å². The molecule has 2 aromatic rings. The fraction of sp³-hybridized carbons (Fsp3) is 0.286. The highest BCUT2D eigenvalue weighted by atomic mass is 19.2. The number of aromatic nitrogens is 1. The van der Waals surface area contributed by atoms with Crippen LogP contribution in [-0.4, -0.2) is 4.57 Å². The second-order valence-electron chi connectivity index (χ2n) is 4.68. The van der Waals surface area contributed by atoms with E-state index in [0.717, 1.165) is 36.6 Å². The largest absolute Gasteiger partial charge is 0.324 e. The van der Waals surface area contributed by atoms with E-state index >= 15 is 0 Å². The van der Waals surface area contributed by atoms with Gasteiger partial charge in [0.25, 0.3) is 0 Å². The lowest BCUT2D eigenvalue weighted by molar-refractivity contribution is 0.507. The fourth-order valence-corrected chi connectivity index (χ4v) is 2.60. The summed E-state index contributed by atoms with van der Waals surface area (Å²) in [4.78, 5) is 0. The molecule has 0 radical (unpaired) electrons. The normalized spacial score (nSPS) is 18.7. The first-order valence-electron chi connectivity index (χ1n) is 6.08. The highest BCUT2D eigenvalue weighted by Gasteiger charge is 2.20. The lowest BCUT2D eigenvalue weighted by atomic mass is 9.93. The Hall–Kier alpha value is -1.68. The molecule has 1 aliphatic carbocycles. The Morgan fingerprint density at radius 3 is 2.78 bits per heavy atom. The van der Waals surface area contributed by atoms with Crippen molar-refractivity contribution in [2.24, 2.45) is 5.73 Å². The van der Waals surface area contributed by atoms with E-state index in [2.05, 4.69) is 0 Å². The van der Waals surface area contributed by atoms with Crippen LogP contribution < -0.4 is 5.73 Å². The average molecular weight is 248 g/mol. The molecule has 0 aliphatic heterocycles. The SMILES string of the molecule is NC1CCCc2c1ccn2-c1ccc(F)c(F)c1. The second kappa shape index (κ2) is 4.21. The summed E-state index contributed by atoms with van der Waals surface area (Å²) in [6.07, 6.45) is 4.81. The molecule has 3 rings (SSSR count). The third kappa shape index (κ3) is 1.73. The van der Waals surface area contributed by atoms with E-state index in [1.807, 2.05) is 16.8 Å². The van der Waals surface area contributed by atoms with E-state index in [0.29, 0.717) is 5.69 Å². The Bertz CT molecular complexity index is 589. The monoisotopic (exact) mass is 248 g/mol. The highest BCUT2D eigenvalue weighted by Crippen LogP contribution is 2.30. The van der Waals surface area contributed by atoms with Gasteiger partial charge in [-0.3, -0.25) is 0 Å². The lowest BCUT2D eigenvalue weighted by Gasteiger charge is -2.21. The molecule has 1 atom stereocenters. The van der Waals surface area contributed by atoms with Crippen LogP contribution in [0.15, 0.2) is 30.5 Å². The van der Waals surface area contributed by atoms with Gasteiger partial charge in [-0.15, -0.1) is 0 Å². The third-order valence-corrected chi connectivity index (χ3v) is 3.54. The smallest absolute Gasteiger partial charge is 0.160 e. The Kier molecular flexibility index (Phi) is 2.67. The molecule has 1 unspecified atom stereocenters. The maximum atomic E-state index is 13.3. The fourth-order valence-electron chi connectivity index (χ4n) is 2.60. The summed E-state index contributed by atoms with van der Waals surface area (Å²) in [7, 11) is 0. The number of benzene rings is 1. The second-order valence-corrected chi connectivity index (χ2v) is 4.68. The van der Waals surface area contributed by atoms with Gasteiger partial charge >= 0.3 is 0 Å². The molecule has 2 nitrogen and oxygen atoms in total. The van der Waals surface area contributed by atoms with E-state index in [4.69, 9.17) is 5.73 Å². The van der Waals surface area contributed by atoms with Gasteiger partial charge in [0.15, 0.2) is 11.6 Å². The zero-order valence-electron chi connectivity index (χ0n) is 9.87. The van der Waals surface area contributed by atoms with Crippen molar-refractivity contribution < 1.29 is 8.78 Å². The maximum absolute atomic E-state index is 13.3. The Labute approximate surface area is 104 Å². The molecule has 0 amide bonds. The van der Waals surface area contributed by atoms with Crippen LogP contribution in [-0.2, 0) is 6.42 Å². The van der Waals surface area contributed by atoms with E-state index in [-0.39, 0.29) is 6.04 Å². The molecule has 2 N–H and O–H groups in total. The summed E-state index contributed by atoms with van der Waals surface area (Å²) >= 11 is 0. The molecular weight excluding hydrogens is 234 g/mol. The van der Waals surface area contributed by atoms with Crippen LogP contribution in [0.25, 0.3) is 5.69 Å². The summed E-state index contributed by atoms with van der Waals surface area (Å²) in [5, 5.41) is 0. The van der Waals surface area contributed by atoms with Crippen LogP contribution in [0, 0.1) is 11.6 Å². The van der Waals surface area contributed by atoms with E-state index in [1.165, 1.54) is 6.07 Å². The first-order chi connectivity index (χ1) is 8.66. The molecule has 4 heteroatoms. The number of rotatable bonds is 1. The van der Waals surface area contributed by atoms with Crippen molar-refractivity contribution in [3.05, 3.63) is 53.4 Å². The van der Waals surface area contributed by atoms with Gasteiger partial charge in [-0.2, -0.15) is 0 Å². The quantitative estimate of drug-likeness (QED) is 0.826. The van der Waals surface area contributed by atoms with Gasteiger partial charge in [0, 0.05) is 29.7 Å². The number of nitrogens with two attached hydrogens (primary N) is 1. The van der Waals surface area contributed by atoms with E-state index in [9.17, 15) is 8.78 Å².